The van der Waals surface area contributed by atoms with E-state index in [0.717, 1.165) is 25.9 Å². The largest absolute Gasteiger partial charge is 0.379 e. The third-order valence-electron chi connectivity index (χ3n) is 2.91. The van der Waals surface area contributed by atoms with E-state index in [2.05, 4.69) is 17.6 Å². The molecule has 138 valence electrons. The first-order valence-electron chi connectivity index (χ1n) is 8.59. The Morgan fingerprint density at radius 3 is 1.96 bits per heavy atom. The van der Waals surface area contributed by atoms with Crippen LogP contribution >= 0.6 is 0 Å². The standard InChI is InChI=1S/C16H34N2O5/c1-3-17-7-5-6-8-18-16(19)15-23-14-13-22-12-11-21-10-9-20-4-2/h17H,3-15H2,1-2H3,(H,18,19). The van der Waals surface area contributed by atoms with Gasteiger partial charge in [-0.1, -0.05) is 6.92 Å². The van der Waals surface area contributed by atoms with Crippen molar-refractivity contribution in [2.45, 2.75) is 26.7 Å². The van der Waals surface area contributed by atoms with Crippen LogP contribution in [-0.4, -0.2) is 78.4 Å². The number of hydrogen-bond donors (Lipinski definition) is 2. The summed E-state index contributed by atoms with van der Waals surface area (Å²) < 4.78 is 21.0. The number of nitrogens with one attached hydrogen (secondary N) is 2. The van der Waals surface area contributed by atoms with E-state index in [4.69, 9.17) is 18.9 Å². The van der Waals surface area contributed by atoms with Crippen molar-refractivity contribution < 1.29 is 23.7 Å². The van der Waals surface area contributed by atoms with Crippen molar-refractivity contribution >= 4 is 5.91 Å². The molecule has 0 aliphatic carbocycles. The molecular formula is C16H34N2O5. The molecule has 0 atom stereocenters. The summed E-state index contributed by atoms with van der Waals surface area (Å²) in [5, 5.41) is 6.08. The maximum absolute atomic E-state index is 11.5. The second-order valence-corrected chi connectivity index (χ2v) is 4.88. The van der Waals surface area contributed by atoms with Gasteiger partial charge in [0.05, 0.1) is 39.6 Å². The summed E-state index contributed by atoms with van der Waals surface area (Å²) in [5.41, 5.74) is 0. The van der Waals surface area contributed by atoms with Gasteiger partial charge in [0.15, 0.2) is 0 Å². The molecule has 0 saturated heterocycles. The Balaban J connectivity index is 3.11. The van der Waals surface area contributed by atoms with E-state index in [-0.39, 0.29) is 12.5 Å². The van der Waals surface area contributed by atoms with Crippen LogP contribution in [0.5, 0.6) is 0 Å². The van der Waals surface area contributed by atoms with Gasteiger partial charge in [-0.3, -0.25) is 4.79 Å². The minimum Gasteiger partial charge on any atom is -0.379 e. The number of rotatable bonds is 18. The predicted octanol–water partition coefficient (Wildman–Crippen LogP) is 0.579. The minimum atomic E-state index is -0.0762. The lowest BCUT2D eigenvalue weighted by Crippen LogP contribution is -2.29. The van der Waals surface area contributed by atoms with Gasteiger partial charge in [-0.2, -0.15) is 0 Å². The van der Waals surface area contributed by atoms with Gasteiger partial charge in [0.25, 0.3) is 0 Å². The van der Waals surface area contributed by atoms with Gasteiger partial charge in [-0.15, -0.1) is 0 Å². The molecule has 0 aromatic heterocycles. The van der Waals surface area contributed by atoms with Crippen LogP contribution in [0.3, 0.4) is 0 Å². The van der Waals surface area contributed by atoms with E-state index in [0.29, 0.717) is 52.8 Å². The fourth-order valence-corrected chi connectivity index (χ4v) is 1.70. The molecule has 0 heterocycles. The Morgan fingerprint density at radius 2 is 1.35 bits per heavy atom. The lowest BCUT2D eigenvalue weighted by molar-refractivity contribution is -0.126. The third kappa shape index (κ3) is 19.2. The Kier molecular flexibility index (Phi) is 18.7. The first kappa shape index (κ1) is 22.3. The molecule has 7 heteroatoms. The summed E-state index contributed by atoms with van der Waals surface area (Å²) >= 11 is 0. The number of carbonyl (C=O) groups excluding carboxylic acids is 1. The SMILES string of the molecule is CCNCCCCNC(=O)COCCOCCOCCOCC. The molecule has 0 unspecified atom stereocenters. The summed E-state index contributed by atoms with van der Waals surface area (Å²) in [7, 11) is 0. The monoisotopic (exact) mass is 334 g/mol. The van der Waals surface area contributed by atoms with Gasteiger partial charge in [0.2, 0.25) is 5.91 Å². The first-order valence-corrected chi connectivity index (χ1v) is 8.59. The van der Waals surface area contributed by atoms with Crippen LogP contribution in [0, 0.1) is 0 Å². The third-order valence-corrected chi connectivity index (χ3v) is 2.91. The van der Waals surface area contributed by atoms with Crippen molar-refractivity contribution in [3.05, 3.63) is 0 Å². The zero-order chi connectivity index (χ0) is 17.0. The van der Waals surface area contributed by atoms with Crippen molar-refractivity contribution in [3.63, 3.8) is 0 Å². The summed E-state index contributed by atoms with van der Waals surface area (Å²) in [6.45, 7) is 10.6. The summed E-state index contributed by atoms with van der Waals surface area (Å²) in [4.78, 5) is 11.5. The van der Waals surface area contributed by atoms with E-state index < -0.39 is 0 Å². The zero-order valence-corrected chi connectivity index (χ0v) is 14.7. The molecule has 0 aromatic rings. The molecule has 0 bridgehead atoms. The highest BCUT2D eigenvalue weighted by molar-refractivity contribution is 5.77. The van der Waals surface area contributed by atoms with Gasteiger partial charge < -0.3 is 29.6 Å². The molecule has 23 heavy (non-hydrogen) atoms. The molecule has 0 aliphatic heterocycles. The van der Waals surface area contributed by atoms with Crippen molar-refractivity contribution in [1.29, 1.82) is 0 Å². The second-order valence-electron chi connectivity index (χ2n) is 4.88. The second kappa shape index (κ2) is 19.3. The van der Waals surface area contributed by atoms with Crippen LogP contribution in [0.15, 0.2) is 0 Å². The lowest BCUT2D eigenvalue weighted by atomic mass is 10.3. The lowest BCUT2D eigenvalue weighted by Gasteiger charge is -2.08. The molecule has 7 nitrogen and oxygen atoms in total. The average molecular weight is 334 g/mol. The highest BCUT2D eigenvalue weighted by atomic mass is 16.6. The molecular weight excluding hydrogens is 300 g/mol. The molecule has 0 radical (unpaired) electrons. The van der Waals surface area contributed by atoms with Crippen molar-refractivity contribution in [3.8, 4) is 0 Å². The minimum absolute atomic E-state index is 0.0762. The molecule has 0 fully saturated rings. The number of amides is 1. The summed E-state index contributed by atoms with van der Waals surface area (Å²) in [6, 6.07) is 0. The topological polar surface area (TPSA) is 78.1 Å². The van der Waals surface area contributed by atoms with Crippen LogP contribution in [0.2, 0.25) is 0 Å². The van der Waals surface area contributed by atoms with E-state index in [1.54, 1.807) is 0 Å². The number of ether oxygens (including phenoxy) is 4. The smallest absolute Gasteiger partial charge is 0.245 e. The Bertz CT molecular complexity index is 255. The maximum Gasteiger partial charge on any atom is 0.245 e. The van der Waals surface area contributed by atoms with Crippen molar-refractivity contribution in [1.82, 2.24) is 10.6 Å². The van der Waals surface area contributed by atoms with Crippen LogP contribution in [0.4, 0.5) is 0 Å². The maximum atomic E-state index is 11.5. The van der Waals surface area contributed by atoms with Gasteiger partial charge in [-0.05, 0) is 32.9 Å². The molecule has 0 aliphatic rings. The van der Waals surface area contributed by atoms with Crippen molar-refractivity contribution in [2.24, 2.45) is 0 Å². The fourth-order valence-electron chi connectivity index (χ4n) is 1.70. The van der Waals surface area contributed by atoms with Gasteiger partial charge in [0.1, 0.15) is 6.61 Å². The molecule has 0 saturated carbocycles. The van der Waals surface area contributed by atoms with Crippen molar-refractivity contribution in [2.75, 3.05) is 72.5 Å². The molecule has 1 amide bonds. The summed E-state index contributed by atoms with van der Waals surface area (Å²) in [6.07, 6.45) is 2.04. The van der Waals surface area contributed by atoms with Crippen LogP contribution in [-0.2, 0) is 23.7 Å². The first-order chi connectivity index (χ1) is 11.3. The Labute approximate surface area is 140 Å². The van der Waals surface area contributed by atoms with Gasteiger partial charge >= 0.3 is 0 Å². The molecule has 0 aromatic carbocycles. The number of carbonyl (C=O) groups is 1. The highest BCUT2D eigenvalue weighted by Crippen LogP contribution is 1.86. The van der Waals surface area contributed by atoms with Crippen LogP contribution in [0.25, 0.3) is 0 Å². The normalized spacial score (nSPS) is 10.9. The van der Waals surface area contributed by atoms with E-state index in [1.165, 1.54) is 0 Å². The predicted molar refractivity (Wildman–Crippen MR) is 89.7 cm³/mol. The van der Waals surface area contributed by atoms with E-state index >= 15 is 0 Å². The Hall–Kier alpha value is -0.730. The molecule has 2 N–H and O–H groups in total. The number of hydrogen-bond acceptors (Lipinski definition) is 6. The zero-order valence-electron chi connectivity index (χ0n) is 14.7. The van der Waals surface area contributed by atoms with Crippen LogP contribution in [0.1, 0.15) is 26.7 Å². The Morgan fingerprint density at radius 1 is 0.783 bits per heavy atom. The fraction of sp³-hybridized carbons (Fsp3) is 0.938. The van der Waals surface area contributed by atoms with E-state index in [1.807, 2.05) is 6.92 Å². The molecule has 0 spiro atoms. The van der Waals surface area contributed by atoms with E-state index in [9.17, 15) is 4.79 Å². The summed E-state index contributed by atoms with van der Waals surface area (Å²) in [5.74, 6) is -0.0762. The quantitative estimate of drug-likeness (QED) is 0.357. The van der Waals surface area contributed by atoms with Gasteiger partial charge in [0, 0.05) is 13.2 Å². The van der Waals surface area contributed by atoms with Gasteiger partial charge in [-0.25, -0.2) is 0 Å². The van der Waals surface area contributed by atoms with Crippen LogP contribution < -0.4 is 10.6 Å². The number of unbranched alkanes of at least 4 members (excludes halogenated alkanes) is 1. The molecule has 0 rings (SSSR count). The average Bonchev–Trinajstić information content (AvgIpc) is 2.56. The highest BCUT2D eigenvalue weighted by Gasteiger charge is 2.00.